The minimum absolute atomic E-state index is 0.102. The maximum Gasteiger partial charge on any atom is 0.358 e. The smallest absolute Gasteiger partial charge is 0.358 e. The summed E-state index contributed by atoms with van der Waals surface area (Å²) in [5.41, 5.74) is 0.229. The van der Waals surface area contributed by atoms with Crippen molar-refractivity contribution in [1.82, 2.24) is 15.0 Å². The molecule has 1 aromatic rings. The molecular weight excluding hydrogens is 214 g/mol. The Hall–Kier alpha value is -1.47. The van der Waals surface area contributed by atoms with E-state index in [-0.39, 0.29) is 18.8 Å². The number of aromatic nitrogens is 3. The molecule has 7 nitrogen and oxygen atoms in total. The van der Waals surface area contributed by atoms with Gasteiger partial charge >= 0.3 is 5.97 Å². The second-order valence-corrected chi connectivity index (χ2v) is 3.37. The summed E-state index contributed by atoms with van der Waals surface area (Å²) in [6.07, 6.45) is -0.00624. The summed E-state index contributed by atoms with van der Waals surface area (Å²) in [6.45, 7) is 2.15. The maximum absolute atomic E-state index is 10.8. The van der Waals surface area contributed by atoms with E-state index in [9.17, 15) is 9.90 Å². The van der Waals surface area contributed by atoms with Crippen LogP contribution in [0, 0.1) is 0 Å². The van der Waals surface area contributed by atoms with Gasteiger partial charge in [-0.1, -0.05) is 12.1 Å². The lowest BCUT2D eigenvalue weighted by atomic mass is 10.2. The Bertz CT molecular complexity index is 364. The highest BCUT2D eigenvalue weighted by molar-refractivity contribution is 5.86. The number of carboxylic acids is 1. The van der Waals surface area contributed by atoms with Gasteiger partial charge in [0.25, 0.3) is 0 Å². The average molecular weight is 229 g/mol. The number of carbonyl (C=O) groups is 1. The Labute approximate surface area is 92.6 Å². The molecule has 0 saturated heterocycles. The number of methoxy groups -OCH3 is 1. The molecule has 1 rings (SSSR count). The summed E-state index contributed by atoms with van der Waals surface area (Å²) < 4.78 is 6.25. The molecule has 1 aromatic heterocycles. The van der Waals surface area contributed by atoms with Gasteiger partial charge in [0.2, 0.25) is 0 Å². The van der Waals surface area contributed by atoms with Crippen molar-refractivity contribution in [3.8, 4) is 0 Å². The number of aliphatic hydroxyl groups is 1. The van der Waals surface area contributed by atoms with E-state index < -0.39 is 12.1 Å². The first-order valence-corrected chi connectivity index (χ1v) is 4.92. The maximum atomic E-state index is 10.8. The minimum Gasteiger partial charge on any atom is -0.476 e. The Morgan fingerprint density at radius 2 is 2.31 bits per heavy atom. The third-order valence-electron chi connectivity index (χ3n) is 2.18. The fourth-order valence-electron chi connectivity index (χ4n) is 1.25. The summed E-state index contributed by atoms with van der Waals surface area (Å²) in [5, 5.41) is 25.6. The molecule has 0 fully saturated rings. The monoisotopic (exact) mass is 229 g/mol. The van der Waals surface area contributed by atoms with E-state index in [1.807, 2.05) is 6.92 Å². The van der Waals surface area contributed by atoms with Gasteiger partial charge in [-0.15, -0.1) is 5.10 Å². The molecule has 16 heavy (non-hydrogen) atoms. The summed E-state index contributed by atoms with van der Waals surface area (Å²) in [5.74, 6) is -1.15. The molecule has 0 aliphatic heterocycles. The lowest BCUT2D eigenvalue weighted by Gasteiger charge is -2.09. The Balaban J connectivity index is 2.95. The Kier molecular flexibility index (Phi) is 4.39. The number of ether oxygens (including phenoxy) is 1. The van der Waals surface area contributed by atoms with Crippen LogP contribution in [0.3, 0.4) is 0 Å². The second kappa shape index (κ2) is 5.57. The highest BCUT2D eigenvalue weighted by Gasteiger charge is 2.19. The van der Waals surface area contributed by atoms with Gasteiger partial charge in [0.05, 0.1) is 24.9 Å². The van der Waals surface area contributed by atoms with E-state index in [0.717, 1.165) is 0 Å². The quantitative estimate of drug-likeness (QED) is 0.706. The number of hydrogen-bond donors (Lipinski definition) is 2. The highest BCUT2D eigenvalue weighted by atomic mass is 16.5. The largest absolute Gasteiger partial charge is 0.476 e. The van der Waals surface area contributed by atoms with Gasteiger partial charge in [-0.3, -0.25) is 0 Å². The standard InChI is InChI=1S/C9H15N3O4/c1-3-6(13)4-12-7(5-16-2)8(9(14)15)10-11-12/h6,13H,3-5H2,1-2H3,(H,14,15). The zero-order chi connectivity index (χ0) is 12.1. The molecule has 1 atom stereocenters. The van der Waals surface area contributed by atoms with E-state index in [4.69, 9.17) is 9.84 Å². The van der Waals surface area contributed by atoms with Gasteiger partial charge in [-0.05, 0) is 6.42 Å². The molecule has 1 unspecified atom stereocenters. The van der Waals surface area contributed by atoms with Crippen LogP contribution in [0.2, 0.25) is 0 Å². The summed E-state index contributed by atoms with van der Waals surface area (Å²) >= 11 is 0. The van der Waals surface area contributed by atoms with Crippen LogP contribution < -0.4 is 0 Å². The van der Waals surface area contributed by atoms with E-state index >= 15 is 0 Å². The molecule has 0 bridgehead atoms. The van der Waals surface area contributed by atoms with E-state index in [1.54, 1.807) is 0 Å². The molecule has 0 spiro atoms. The number of rotatable bonds is 6. The van der Waals surface area contributed by atoms with Crippen LogP contribution >= 0.6 is 0 Å². The minimum atomic E-state index is -1.15. The summed E-state index contributed by atoms with van der Waals surface area (Å²) in [7, 11) is 1.46. The average Bonchev–Trinajstić information content (AvgIpc) is 2.62. The topological polar surface area (TPSA) is 97.5 Å². The number of hydrogen-bond acceptors (Lipinski definition) is 5. The first-order chi connectivity index (χ1) is 7.60. The molecule has 0 amide bonds. The Morgan fingerprint density at radius 1 is 1.62 bits per heavy atom. The van der Waals surface area contributed by atoms with Gasteiger partial charge < -0.3 is 14.9 Å². The normalized spacial score (nSPS) is 12.7. The van der Waals surface area contributed by atoms with Gasteiger partial charge in [-0.25, -0.2) is 9.48 Å². The summed E-state index contributed by atoms with van der Waals surface area (Å²) in [6, 6.07) is 0. The van der Waals surface area contributed by atoms with E-state index in [2.05, 4.69) is 10.3 Å². The van der Waals surface area contributed by atoms with Gasteiger partial charge in [0.15, 0.2) is 5.69 Å². The molecule has 0 radical (unpaired) electrons. The fourth-order valence-corrected chi connectivity index (χ4v) is 1.25. The SMILES string of the molecule is CCC(O)Cn1nnc(C(=O)O)c1COC. The van der Waals surface area contributed by atoms with Crippen LogP contribution in [0.4, 0.5) is 0 Å². The first-order valence-electron chi connectivity index (χ1n) is 4.92. The molecule has 0 saturated carbocycles. The predicted molar refractivity (Wildman–Crippen MR) is 54.0 cm³/mol. The molecule has 0 aromatic carbocycles. The zero-order valence-electron chi connectivity index (χ0n) is 9.25. The van der Waals surface area contributed by atoms with Crippen molar-refractivity contribution >= 4 is 5.97 Å². The van der Waals surface area contributed by atoms with Crippen molar-refractivity contribution in [3.63, 3.8) is 0 Å². The van der Waals surface area contributed by atoms with Gasteiger partial charge in [0.1, 0.15) is 0 Å². The third-order valence-corrected chi connectivity index (χ3v) is 2.18. The number of carboxylic acid groups (broad SMARTS) is 1. The van der Waals surface area contributed by atoms with Crippen LogP contribution in [0.15, 0.2) is 0 Å². The van der Waals surface area contributed by atoms with Gasteiger partial charge in [0, 0.05) is 7.11 Å². The highest BCUT2D eigenvalue weighted by Crippen LogP contribution is 2.08. The van der Waals surface area contributed by atoms with Crippen molar-refractivity contribution in [2.45, 2.75) is 32.6 Å². The molecule has 0 aliphatic carbocycles. The van der Waals surface area contributed by atoms with Crippen LogP contribution in [0.1, 0.15) is 29.5 Å². The molecule has 1 heterocycles. The van der Waals surface area contributed by atoms with Gasteiger partial charge in [-0.2, -0.15) is 0 Å². The molecule has 2 N–H and O–H groups in total. The molecule has 90 valence electrons. The van der Waals surface area contributed by atoms with Crippen LogP contribution in [-0.2, 0) is 17.9 Å². The number of aliphatic hydroxyl groups excluding tert-OH is 1. The fraction of sp³-hybridized carbons (Fsp3) is 0.667. The van der Waals surface area contributed by atoms with Crippen LogP contribution in [0.5, 0.6) is 0 Å². The molecule has 7 heteroatoms. The van der Waals surface area contributed by atoms with Crippen LogP contribution in [-0.4, -0.2) is 44.4 Å². The van der Waals surface area contributed by atoms with Crippen molar-refractivity contribution in [2.24, 2.45) is 0 Å². The lowest BCUT2D eigenvalue weighted by molar-refractivity contribution is 0.0683. The number of nitrogens with zero attached hydrogens (tertiary/aromatic N) is 3. The first kappa shape index (κ1) is 12.6. The molecular formula is C9H15N3O4. The predicted octanol–water partition coefficient (Wildman–Crippen LogP) is -0.106. The van der Waals surface area contributed by atoms with Crippen molar-refractivity contribution in [3.05, 3.63) is 11.4 Å². The van der Waals surface area contributed by atoms with Crippen molar-refractivity contribution in [2.75, 3.05) is 7.11 Å². The zero-order valence-corrected chi connectivity index (χ0v) is 9.25. The third kappa shape index (κ3) is 2.77. The van der Waals surface area contributed by atoms with E-state index in [1.165, 1.54) is 11.8 Å². The Morgan fingerprint density at radius 3 is 2.81 bits per heavy atom. The van der Waals surface area contributed by atoms with Crippen LogP contribution in [0.25, 0.3) is 0 Å². The lowest BCUT2D eigenvalue weighted by Crippen LogP contribution is -2.18. The summed E-state index contributed by atoms with van der Waals surface area (Å²) in [4.78, 5) is 10.8. The molecule has 0 aliphatic rings. The number of aromatic carboxylic acids is 1. The second-order valence-electron chi connectivity index (χ2n) is 3.37. The van der Waals surface area contributed by atoms with Crippen molar-refractivity contribution < 1.29 is 19.7 Å². The van der Waals surface area contributed by atoms with Crippen molar-refractivity contribution in [1.29, 1.82) is 0 Å². The van der Waals surface area contributed by atoms with E-state index in [0.29, 0.717) is 12.1 Å².